The fourth-order valence-electron chi connectivity index (χ4n) is 6.36. The molecule has 2 aromatic heterocycles. The van der Waals surface area contributed by atoms with Gasteiger partial charge in [0.25, 0.3) is 5.91 Å². The van der Waals surface area contributed by atoms with E-state index in [1.54, 1.807) is 6.20 Å². The number of fused-ring (bicyclic) bond motifs is 3. The molecule has 2 saturated heterocycles. The van der Waals surface area contributed by atoms with Crippen molar-refractivity contribution >= 4 is 16.8 Å². The van der Waals surface area contributed by atoms with Crippen LogP contribution < -0.4 is 10.1 Å². The fourth-order valence-corrected chi connectivity index (χ4v) is 6.36. The van der Waals surface area contributed by atoms with Crippen molar-refractivity contribution < 1.29 is 9.53 Å². The van der Waals surface area contributed by atoms with Gasteiger partial charge in [0.15, 0.2) is 0 Å². The van der Waals surface area contributed by atoms with Gasteiger partial charge in [0, 0.05) is 34.8 Å². The summed E-state index contributed by atoms with van der Waals surface area (Å²) in [6, 6.07) is 21.0. The molecule has 3 fully saturated rings. The van der Waals surface area contributed by atoms with Gasteiger partial charge in [-0.15, -0.1) is 0 Å². The quantitative estimate of drug-likeness (QED) is 0.345. The van der Waals surface area contributed by atoms with Crippen LogP contribution in [0.3, 0.4) is 0 Å². The van der Waals surface area contributed by atoms with Crippen LogP contribution in [0.2, 0.25) is 0 Å². The summed E-state index contributed by atoms with van der Waals surface area (Å²) in [5.41, 5.74) is 4.28. The molecular formula is C31H33N5O2. The SMILES string of the molecule is CN1[C@@H]2CC[C@H]1CC(Oc1ccc(-c3n[nH]c4ccc(C(=O)N[C@H](c5ccccn5)C5CC5)cc34)cc1)C2. The van der Waals surface area contributed by atoms with E-state index in [0.717, 1.165) is 59.3 Å². The maximum absolute atomic E-state index is 13.3. The zero-order chi connectivity index (χ0) is 25.6. The number of hydrogen-bond acceptors (Lipinski definition) is 5. The van der Waals surface area contributed by atoms with E-state index in [1.807, 2.05) is 48.5 Å². The van der Waals surface area contributed by atoms with E-state index in [4.69, 9.17) is 4.74 Å². The maximum atomic E-state index is 13.3. The Hall–Kier alpha value is -3.71. The number of carbonyl (C=O) groups is 1. The highest BCUT2D eigenvalue weighted by Gasteiger charge is 2.39. The number of rotatable bonds is 7. The Balaban J connectivity index is 1.08. The molecule has 7 rings (SSSR count). The summed E-state index contributed by atoms with van der Waals surface area (Å²) in [5.74, 6) is 1.27. The Morgan fingerprint density at radius 1 is 1.03 bits per heavy atom. The molecule has 1 saturated carbocycles. The molecular weight excluding hydrogens is 474 g/mol. The molecule has 2 N–H and O–H groups in total. The van der Waals surface area contributed by atoms with Crippen molar-refractivity contribution in [1.82, 2.24) is 25.4 Å². The van der Waals surface area contributed by atoms with E-state index in [0.29, 0.717) is 23.6 Å². The van der Waals surface area contributed by atoms with E-state index >= 15 is 0 Å². The molecule has 3 aliphatic rings. The van der Waals surface area contributed by atoms with Crippen LogP contribution in [-0.2, 0) is 0 Å². The van der Waals surface area contributed by atoms with Gasteiger partial charge in [-0.3, -0.25) is 14.9 Å². The second-order valence-electron chi connectivity index (χ2n) is 11.2. The molecule has 2 bridgehead atoms. The number of pyridine rings is 1. The largest absolute Gasteiger partial charge is 0.490 e. The highest BCUT2D eigenvalue weighted by molar-refractivity contribution is 6.01. The number of hydrogen-bond donors (Lipinski definition) is 2. The third kappa shape index (κ3) is 4.45. The molecule has 7 nitrogen and oxygen atoms in total. The van der Waals surface area contributed by atoms with Crippen LogP contribution in [0.15, 0.2) is 66.9 Å². The first-order valence-electron chi connectivity index (χ1n) is 13.8. The number of ether oxygens (including phenoxy) is 1. The molecule has 0 spiro atoms. The molecule has 4 atom stereocenters. The number of aromatic amines is 1. The number of carbonyl (C=O) groups excluding carboxylic acids is 1. The van der Waals surface area contributed by atoms with Crippen molar-refractivity contribution in [2.75, 3.05) is 7.05 Å². The second-order valence-corrected chi connectivity index (χ2v) is 11.2. The summed E-state index contributed by atoms with van der Waals surface area (Å²) in [6.07, 6.45) is 9.09. The molecule has 1 unspecified atom stereocenters. The van der Waals surface area contributed by atoms with Gasteiger partial charge in [0.05, 0.1) is 22.9 Å². The third-order valence-corrected chi connectivity index (χ3v) is 8.70. The Morgan fingerprint density at radius 3 is 2.53 bits per heavy atom. The van der Waals surface area contributed by atoms with Crippen LogP contribution in [0, 0.1) is 5.92 Å². The predicted octanol–water partition coefficient (Wildman–Crippen LogP) is 5.51. The topological polar surface area (TPSA) is 83.1 Å². The van der Waals surface area contributed by atoms with Gasteiger partial charge in [0.1, 0.15) is 11.9 Å². The van der Waals surface area contributed by atoms with Crippen molar-refractivity contribution in [3.8, 4) is 17.0 Å². The summed E-state index contributed by atoms with van der Waals surface area (Å²) in [4.78, 5) is 20.3. The Bertz CT molecular complexity index is 1430. The van der Waals surface area contributed by atoms with Crippen LogP contribution in [0.5, 0.6) is 5.75 Å². The number of nitrogens with zero attached hydrogens (tertiary/aromatic N) is 3. The van der Waals surface area contributed by atoms with Crippen molar-refractivity contribution in [2.24, 2.45) is 5.92 Å². The summed E-state index contributed by atoms with van der Waals surface area (Å²) in [7, 11) is 2.25. The van der Waals surface area contributed by atoms with Gasteiger partial charge in [-0.1, -0.05) is 6.07 Å². The lowest BCUT2D eigenvalue weighted by Crippen LogP contribution is -2.43. The van der Waals surface area contributed by atoms with Crippen LogP contribution in [0.1, 0.15) is 60.6 Å². The summed E-state index contributed by atoms with van der Waals surface area (Å²) < 4.78 is 6.38. The number of H-pyrrole nitrogens is 1. The van der Waals surface area contributed by atoms with E-state index < -0.39 is 0 Å². The lowest BCUT2D eigenvalue weighted by Gasteiger charge is -2.36. The van der Waals surface area contributed by atoms with E-state index in [-0.39, 0.29) is 18.1 Å². The predicted molar refractivity (Wildman–Crippen MR) is 147 cm³/mol. The van der Waals surface area contributed by atoms with Crippen LogP contribution in [0.25, 0.3) is 22.2 Å². The number of amides is 1. The van der Waals surface area contributed by atoms with Crippen molar-refractivity contribution in [1.29, 1.82) is 0 Å². The average molecular weight is 508 g/mol. The smallest absolute Gasteiger partial charge is 0.251 e. The number of benzene rings is 2. The minimum Gasteiger partial charge on any atom is -0.490 e. The van der Waals surface area contributed by atoms with Gasteiger partial charge in [-0.25, -0.2) is 0 Å². The zero-order valence-electron chi connectivity index (χ0n) is 21.6. The van der Waals surface area contributed by atoms with Crippen LogP contribution >= 0.6 is 0 Å². The molecule has 194 valence electrons. The molecule has 4 heterocycles. The zero-order valence-corrected chi connectivity index (χ0v) is 21.6. The van der Waals surface area contributed by atoms with Gasteiger partial charge in [-0.05, 0) is 106 Å². The Labute approximate surface area is 222 Å². The van der Waals surface area contributed by atoms with Gasteiger partial charge in [0.2, 0.25) is 0 Å². The Morgan fingerprint density at radius 2 is 1.82 bits per heavy atom. The van der Waals surface area contributed by atoms with E-state index in [1.165, 1.54) is 12.8 Å². The number of aromatic nitrogens is 3. The molecule has 0 radical (unpaired) electrons. The van der Waals surface area contributed by atoms with Crippen molar-refractivity contribution in [2.45, 2.75) is 62.8 Å². The van der Waals surface area contributed by atoms with Gasteiger partial charge >= 0.3 is 0 Å². The molecule has 38 heavy (non-hydrogen) atoms. The number of piperidine rings is 1. The number of nitrogens with one attached hydrogen (secondary N) is 2. The summed E-state index contributed by atoms with van der Waals surface area (Å²) >= 11 is 0. The lowest BCUT2D eigenvalue weighted by molar-refractivity contribution is 0.0662. The first-order chi connectivity index (χ1) is 18.6. The van der Waals surface area contributed by atoms with Crippen molar-refractivity contribution in [3.63, 3.8) is 0 Å². The van der Waals surface area contributed by atoms with Crippen molar-refractivity contribution in [3.05, 3.63) is 78.1 Å². The molecule has 2 aromatic carbocycles. The standard InChI is InChI=1S/C31H33N5O2/c1-36-22-10-11-23(36)18-25(17-22)38-24-12-7-19(8-13-24)29-26-16-21(9-14-27(26)34-35-29)31(37)33-30(20-5-6-20)28-4-2-3-15-32-28/h2-4,7-9,12-16,20,22-23,25,30H,5-6,10-11,17-18H2,1H3,(H,33,37)(H,34,35)/t22-,23+,25?,30-/m0/s1. The summed E-state index contributed by atoms with van der Waals surface area (Å²) in [5, 5.41) is 11.9. The molecule has 4 aromatic rings. The van der Waals surface area contributed by atoms with Crippen LogP contribution in [-0.4, -0.2) is 51.2 Å². The van der Waals surface area contributed by atoms with Crippen LogP contribution in [0.4, 0.5) is 0 Å². The first kappa shape index (κ1) is 23.4. The third-order valence-electron chi connectivity index (χ3n) is 8.70. The van der Waals surface area contributed by atoms with E-state index in [9.17, 15) is 4.79 Å². The second kappa shape index (κ2) is 9.55. The van der Waals surface area contributed by atoms with E-state index in [2.05, 4.69) is 44.6 Å². The monoisotopic (exact) mass is 507 g/mol. The minimum atomic E-state index is -0.0857. The highest BCUT2D eigenvalue weighted by atomic mass is 16.5. The highest BCUT2D eigenvalue weighted by Crippen LogP contribution is 2.41. The Kier molecular flexibility index (Phi) is 5.88. The minimum absolute atomic E-state index is 0.0597. The maximum Gasteiger partial charge on any atom is 0.251 e. The first-order valence-corrected chi connectivity index (χ1v) is 13.8. The van der Waals surface area contributed by atoms with Gasteiger partial charge < -0.3 is 15.0 Å². The fraction of sp³-hybridized carbons (Fsp3) is 0.387. The lowest BCUT2D eigenvalue weighted by atomic mass is 10.0. The normalized spacial score (nSPS) is 23.9. The molecule has 1 aliphatic carbocycles. The molecule has 2 aliphatic heterocycles. The molecule has 1 amide bonds. The summed E-state index contributed by atoms with van der Waals surface area (Å²) in [6.45, 7) is 0. The van der Waals surface area contributed by atoms with Gasteiger partial charge in [-0.2, -0.15) is 5.10 Å². The average Bonchev–Trinajstić information content (AvgIpc) is 3.67. The molecule has 7 heteroatoms.